The highest BCUT2D eigenvalue weighted by Crippen LogP contribution is 2.29. The van der Waals surface area contributed by atoms with E-state index in [4.69, 9.17) is 25.7 Å². The number of para-hydroxylation sites is 1. The van der Waals surface area contributed by atoms with Crippen molar-refractivity contribution < 1.29 is 9.47 Å². The Morgan fingerprint density at radius 3 is 2.55 bits per heavy atom. The van der Waals surface area contributed by atoms with Crippen molar-refractivity contribution in [3.63, 3.8) is 0 Å². The number of benzene rings is 2. The van der Waals surface area contributed by atoms with Gasteiger partial charge in [0.25, 0.3) is 5.56 Å². The van der Waals surface area contributed by atoms with E-state index in [-0.39, 0.29) is 23.6 Å². The molecular formula is C23H19BrN6O3. The Labute approximate surface area is 198 Å². The third-order valence-electron chi connectivity index (χ3n) is 4.70. The van der Waals surface area contributed by atoms with Gasteiger partial charge in [0, 0.05) is 13.3 Å². The second-order valence-corrected chi connectivity index (χ2v) is 7.47. The molecule has 0 amide bonds. The molecule has 0 aliphatic rings. The van der Waals surface area contributed by atoms with Gasteiger partial charge in [-0.05, 0) is 51.8 Å². The van der Waals surface area contributed by atoms with Gasteiger partial charge in [0.15, 0.2) is 17.2 Å². The van der Waals surface area contributed by atoms with Gasteiger partial charge in [-0.2, -0.15) is 10.5 Å². The number of nitrogens with two attached hydrogens (primary N) is 1. The summed E-state index contributed by atoms with van der Waals surface area (Å²) in [4.78, 5) is 16.7. The third kappa shape index (κ3) is 4.97. The Morgan fingerprint density at radius 2 is 1.91 bits per heavy atom. The Hall–Kier alpha value is -4.28. The second kappa shape index (κ2) is 10.4. The largest absolute Gasteiger partial charge is 0.493 e. The molecule has 3 aromatic rings. The fourth-order valence-electron chi connectivity index (χ4n) is 3.01. The predicted molar refractivity (Wildman–Crippen MR) is 126 cm³/mol. The number of aliphatic imine (C=N–C) groups is 1. The van der Waals surface area contributed by atoms with Crippen molar-refractivity contribution in [2.45, 2.75) is 6.61 Å². The van der Waals surface area contributed by atoms with E-state index in [1.807, 2.05) is 30.3 Å². The summed E-state index contributed by atoms with van der Waals surface area (Å²) in [5, 5.41) is 17.8. The molecule has 0 saturated heterocycles. The molecular weight excluding hydrogens is 488 g/mol. The molecule has 0 fully saturated rings. The van der Waals surface area contributed by atoms with Crippen LogP contribution >= 0.6 is 15.9 Å². The van der Waals surface area contributed by atoms with Gasteiger partial charge in [0.1, 0.15) is 28.9 Å². The van der Waals surface area contributed by atoms with Crippen LogP contribution in [-0.2, 0) is 13.7 Å². The fourth-order valence-corrected chi connectivity index (χ4v) is 3.55. The topological polar surface area (TPSA) is 131 Å². The molecule has 0 aliphatic heterocycles. The summed E-state index contributed by atoms with van der Waals surface area (Å²) in [5.41, 5.74) is 6.81. The number of hydrogen-bond acceptors (Lipinski definition) is 7. The van der Waals surface area contributed by atoms with Crippen molar-refractivity contribution in [2.75, 3.05) is 7.11 Å². The summed E-state index contributed by atoms with van der Waals surface area (Å²) < 4.78 is 15.0. The Kier molecular flexibility index (Phi) is 7.34. The Balaban J connectivity index is 1.85. The minimum atomic E-state index is -0.265. The van der Waals surface area contributed by atoms with Crippen LogP contribution in [0.5, 0.6) is 11.5 Å². The Bertz CT molecular complexity index is 1370. The highest BCUT2D eigenvalue weighted by molar-refractivity contribution is 9.10. The molecule has 3 rings (SSSR count). The lowest BCUT2D eigenvalue weighted by atomic mass is 10.2. The first-order valence-corrected chi connectivity index (χ1v) is 10.4. The number of methoxy groups -OCH3 is 1. The van der Waals surface area contributed by atoms with Gasteiger partial charge in [0.05, 0.1) is 18.5 Å². The molecule has 0 spiro atoms. The summed E-state index contributed by atoms with van der Waals surface area (Å²) in [6, 6.07) is 17.8. The lowest BCUT2D eigenvalue weighted by Crippen LogP contribution is -2.19. The number of hydrogen-bond donors (Lipinski definition) is 1. The minimum absolute atomic E-state index is 0.107. The molecule has 0 aliphatic carbocycles. The van der Waals surface area contributed by atoms with E-state index in [0.717, 1.165) is 5.69 Å². The van der Waals surface area contributed by atoms with E-state index in [0.29, 0.717) is 27.2 Å². The average Bonchev–Trinajstić information content (AvgIpc) is 3.06. The molecule has 0 saturated carbocycles. The van der Waals surface area contributed by atoms with E-state index in [1.54, 1.807) is 46.7 Å². The van der Waals surface area contributed by atoms with Gasteiger partial charge < -0.3 is 15.2 Å². The maximum Gasteiger partial charge on any atom is 0.286 e. The monoisotopic (exact) mass is 506 g/mol. The zero-order valence-corrected chi connectivity index (χ0v) is 19.4. The molecule has 9 nitrogen and oxygen atoms in total. The molecule has 0 bridgehead atoms. The van der Waals surface area contributed by atoms with Crippen molar-refractivity contribution in [1.82, 2.24) is 9.36 Å². The van der Waals surface area contributed by atoms with E-state index < -0.39 is 0 Å². The maximum absolute atomic E-state index is 12.8. The number of rotatable bonds is 7. The number of ether oxygens (including phenoxy) is 2. The number of nitriles is 2. The van der Waals surface area contributed by atoms with Crippen LogP contribution in [-0.4, -0.2) is 22.7 Å². The molecule has 2 aromatic carbocycles. The SMILES string of the molecule is COc1cc(C=NC(C#N)=C(N)C#N)ccc1OCc1c(Br)c(=O)n(-c2ccccc2)n1C. The molecule has 0 atom stereocenters. The van der Waals surface area contributed by atoms with Gasteiger partial charge in [-0.3, -0.25) is 9.48 Å². The van der Waals surface area contributed by atoms with Crippen molar-refractivity contribution in [2.24, 2.45) is 17.8 Å². The first-order valence-electron chi connectivity index (χ1n) is 9.57. The number of nitrogens with zero attached hydrogens (tertiary/aromatic N) is 5. The molecule has 0 unspecified atom stereocenters. The molecule has 0 radical (unpaired) electrons. The predicted octanol–water partition coefficient (Wildman–Crippen LogP) is 3.16. The Morgan fingerprint density at radius 1 is 1.18 bits per heavy atom. The highest BCUT2D eigenvalue weighted by Gasteiger charge is 2.18. The minimum Gasteiger partial charge on any atom is -0.493 e. The van der Waals surface area contributed by atoms with Crippen LogP contribution in [0.2, 0.25) is 0 Å². The number of aromatic nitrogens is 2. The van der Waals surface area contributed by atoms with Crippen LogP contribution in [0.4, 0.5) is 0 Å². The van der Waals surface area contributed by atoms with Gasteiger partial charge in [-0.15, -0.1) is 0 Å². The van der Waals surface area contributed by atoms with Gasteiger partial charge in [-0.25, -0.2) is 9.67 Å². The molecule has 2 N–H and O–H groups in total. The number of allylic oxidation sites excluding steroid dienone is 2. The van der Waals surface area contributed by atoms with Crippen LogP contribution in [0, 0.1) is 22.7 Å². The summed E-state index contributed by atoms with van der Waals surface area (Å²) in [5.74, 6) is 0.882. The van der Waals surface area contributed by atoms with Crippen molar-refractivity contribution >= 4 is 22.1 Å². The smallest absolute Gasteiger partial charge is 0.286 e. The van der Waals surface area contributed by atoms with Gasteiger partial charge >= 0.3 is 0 Å². The molecule has 166 valence electrons. The van der Waals surface area contributed by atoms with Crippen molar-refractivity contribution in [3.8, 4) is 29.3 Å². The van der Waals surface area contributed by atoms with Crippen LogP contribution < -0.4 is 20.8 Å². The van der Waals surface area contributed by atoms with Crippen LogP contribution in [0.3, 0.4) is 0 Å². The lowest BCUT2D eigenvalue weighted by Gasteiger charge is -2.13. The van der Waals surface area contributed by atoms with Crippen LogP contribution in [0.25, 0.3) is 5.69 Å². The van der Waals surface area contributed by atoms with E-state index in [9.17, 15) is 4.79 Å². The zero-order valence-electron chi connectivity index (χ0n) is 17.8. The summed E-state index contributed by atoms with van der Waals surface area (Å²) in [6.45, 7) is 0.107. The van der Waals surface area contributed by atoms with Crippen LogP contribution in [0.15, 0.2) is 74.2 Å². The average molecular weight is 507 g/mol. The van der Waals surface area contributed by atoms with Crippen LogP contribution in [0.1, 0.15) is 11.3 Å². The first kappa shape index (κ1) is 23.4. The summed E-state index contributed by atoms with van der Waals surface area (Å²) in [6.07, 6.45) is 1.40. The van der Waals surface area contributed by atoms with E-state index in [2.05, 4.69) is 20.9 Å². The summed E-state index contributed by atoms with van der Waals surface area (Å²) in [7, 11) is 3.27. The maximum atomic E-state index is 12.8. The van der Waals surface area contributed by atoms with Gasteiger partial charge in [-0.1, -0.05) is 18.2 Å². The quantitative estimate of drug-likeness (QED) is 0.386. The fraction of sp³-hybridized carbons (Fsp3) is 0.130. The lowest BCUT2D eigenvalue weighted by molar-refractivity contribution is 0.274. The van der Waals surface area contributed by atoms with E-state index >= 15 is 0 Å². The zero-order chi connectivity index (χ0) is 24.0. The highest BCUT2D eigenvalue weighted by atomic mass is 79.9. The van der Waals surface area contributed by atoms with Gasteiger partial charge in [0.2, 0.25) is 0 Å². The molecule has 33 heavy (non-hydrogen) atoms. The normalized spacial score (nSPS) is 11.5. The second-order valence-electron chi connectivity index (χ2n) is 6.68. The third-order valence-corrected chi connectivity index (χ3v) is 5.50. The van der Waals surface area contributed by atoms with E-state index in [1.165, 1.54) is 13.3 Å². The number of halogens is 1. The van der Waals surface area contributed by atoms with Crippen molar-refractivity contribution in [1.29, 1.82) is 10.5 Å². The molecule has 10 heteroatoms. The van der Waals surface area contributed by atoms with Crippen molar-refractivity contribution in [3.05, 3.63) is 86.0 Å². The molecule has 1 heterocycles. The molecule has 1 aromatic heterocycles. The standard InChI is InChI=1S/C23H19BrN6O3/c1-29-19(22(24)23(31)30(29)16-6-4-3-5-7-16)14-33-20-9-8-15(10-21(20)32-2)13-28-18(12-26)17(27)11-25/h3-10,13H,14,27H2,1-2H3. The summed E-state index contributed by atoms with van der Waals surface area (Å²) >= 11 is 3.38. The first-order chi connectivity index (χ1) is 15.9.